The standard InChI is InChI=1S/C25H42N2O2/c1-23(2,3)15-26-22(29)19-9-8-17-16-7-10-20-25(5,14-12-21(28)27(20)6)18(16)11-13-24(17,19)4/h16-20H,7-15H2,1-6H3,(H,26,29)/t16-,17-,18-,19+,20+,24-,25+/m0/s1. The zero-order valence-electron chi connectivity index (χ0n) is 19.5. The van der Waals surface area contributed by atoms with Gasteiger partial charge in [-0.1, -0.05) is 34.6 Å². The third-order valence-corrected chi connectivity index (χ3v) is 9.67. The second-order valence-electron chi connectivity index (χ2n) is 12.4. The fourth-order valence-corrected chi connectivity index (χ4v) is 8.06. The molecule has 0 radical (unpaired) electrons. The summed E-state index contributed by atoms with van der Waals surface area (Å²) in [6.07, 6.45) is 8.82. The first kappa shape index (κ1) is 21.2. The minimum Gasteiger partial charge on any atom is -0.355 e. The zero-order valence-corrected chi connectivity index (χ0v) is 19.5. The number of amides is 2. The van der Waals surface area contributed by atoms with Crippen molar-refractivity contribution in [3.05, 3.63) is 0 Å². The van der Waals surface area contributed by atoms with Crippen LogP contribution in [0.3, 0.4) is 0 Å². The molecule has 4 aliphatic rings. The van der Waals surface area contributed by atoms with E-state index in [1.54, 1.807) is 0 Å². The van der Waals surface area contributed by atoms with E-state index in [9.17, 15) is 9.59 Å². The second-order valence-corrected chi connectivity index (χ2v) is 12.4. The molecule has 4 rings (SSSR count). The number of nitrogens with one attached hydrogen (secondary N) is 1. The zero-order chi connectivity index (χ0) is 21.2. The van der Waals surface area contributed by atoms with Crippen LogP contribution in [0.4, 0.5) is 0 Å². The van der Waals surface area contributed by atoms with Crippen LogP contribution in [0.25, 0.3) is 0 Å². The predicted octanol–water partition coefficient (Wildman–Crippen LogP) is 4.63. The number of rotatable bonds is 2. The van der Waals surface area contributed by atoms with Gasteiger partial charge in [-0.15, -0.1) is 0 Å². The van der Waals surface area contributed by atoms with E-state index in [1.165, 1.54) is 25.7 Å². The van der Waals surface area contributed by atoms with E-state index < -0.39 is 0 Å². The van der Waals surface area contributed by atoms with Crippen molar-refractivity contribution in [2.45, 2.75) is 92.0 Å². The molecule has 4 heteroatoms. The molecular formula is C25H42N2O2. The van der Waals surface area contributed by atoms with Crippen LogP contribution < -0.4 is 5.32 Å². The van der Waals surface area contributed by atoms with Crippen molar-refractivity contribution < 1.29 is 9.59 Å². The SMILES string of the molecule is CN1C(=O)CC[C@]2(C)[C@H]3CC[C@]4(C)[C@@H](C(=O)NCC(C)(C)C)CC[C@H]4[C@@H]3CC[C@@H]12. The van der Waals surface area contributed by atoms with Crippen molar-refractivity contribution in [2.75, 3.05) is 13.6 Å². The highest BCUT2D eigenvalue weighted by molar-refractivity contribution is 5.80. The lowest BCUT2D eigenvalue weighted by atomic mass is 9.47. The van der Waals surface area contributed by atoms with Crippen LogP contribution in [-0.4, -0.2) is 36.3 Å². The van der Waals surface area contributed by atoms with Crippen LogP contribution in [0, 0.1) is 39.9 Å². The Balaban J connectivity index is 1.52. The van der Waals surface area contributed by atoms with Gasteiger partial charge in [0.05, 0.1) is 0 Å². The fourth-order valence-electron chi connectivity index (χ4n) is 8.06. The monoisotopic (exact) mass is 402 g/mol. The molecule has 1 aliphatic heterocycles. The van der Waals surface area contributed by atoms with E-state index in [0.717, 1.165) is 31.7 Å². The molecular weight excluding hydrogens is 360 g/mol. The Morgan fingerprint density at radius 1 is 1.03 bits per heavy atom. The minimum atomic E-state index is 0.129. The number of nitrogens with zero attached hydrogens (tertiary/aromatic N) is 1. The van der Waals surface area contributed by atoms with Crippen molar-refractivity contribution in [2.24, 2.45) is 39.9 Å². The number of hydrogen-bond donors (Lipinski definition) is 1. The van der Waals surface area contributed by atoms with Crippen LogP contribution in [0.15, 0.2) is 0 Å². The fraction of sp³-hybridized carbons (Fsp3) is 0.920. The maximum atomic E-state index is 13.1. The number of likely N-dealkylation sites (tertiary alicyclic amines) is 1. The Kier molecular flexibility index (Phi) is 5.10. The van der Waals surface area contributed by atoms with Gasteiger partial charge < -0.3 is 10.2 Å². The largest absolute Gasteiger partial charge is 0.355 e. The van der Waals surface area contributed by atoms with Crippen LogP contribution in [-0.2, 0) is 9.59 Å². The molecule has 164 valence electrons. The lowest BCUT2D eigenvalue weighted by molar-refractivity contribution is -0.159. The lowest BCUT2D eigenvalue weighted by Crippen LogP contribution is -2.61. The molecule has 1 saturated heterocycles. The van der Waals surface area contributed by atoms with Gasteiger partial charge in [-0.3, -0.25) is 9.59 Å². The van der Waals surface area contributed by atoms with Gasteiger partial charge in [0.15, 0.2) is 0 Å². The first-order valence-corrected chi connectivity index (χ1v) is 12.0. The average Bonchev–Trinajstić information content (AvgIpc) is 3.00. The van der Waals surface area contributed by atoms with Crippen molar-refractivity contribution >= 4 is 11.8 Å². The Morgan fingerprint density at radius 2 is 1.72 bits per heavy atom. The van der Waals surface area contributed by atoms with Gasteiger partial charge in [-0.2, -0.15) is 0 Å². The Morgan fingerprint density at radius 3 is 2.41 bits per heavy atom. The topological polar surface area (TPSA) is 49.4 Å². The van der Waals surface area contributed by atoms with Gasteiger partial charge in [0.25, 0.3) is 0 Å². The molecule has 7 atom stereocenters. The molecule has 0 unspecified atom stereocenters. The van der Waals surface area contributed by atoms with Gasteiger partial charge in [-0.25, -0.2) is 0 Å². The smallest absolute Gasteiger partial charge is 0.223 e. The maximum Gasteiger partial charge on any atom is 0.223 e. The highest BCUT2D eigenvalue weighted by Crippen LogP contribution is 2.66. The molecule has 1 N–H and O–H groups in total. The van der Waals surface area contributed by atoms with Gasteiger partial charge >= 0.3 is 0 Å². The number of fused-ring (bicyclic) bond motifs is 5. The molecule has 0 aromatic rings. The third kappa shape index (κ3) is 3.33. The highest BCUT2D eigenvalue weighted by Gasteiger charge is 2.62. The number of carbonyl (C=O) groups excluding carboxylic acids is 2. The first-order valence-electron chi connectivity index (χ1n) is 12.0. The molecule has 4 fully saturated rings. The number of piperidine rings is 1. The van der Waals surface area contributed by atoms with Crippen LogP contribution >= 0.6 is 0 Å². The summed E-state index contributed by atoms with van der Waals surface area (Å²) in [6, 6.07) is 0.418. The van der Waals surface area contributed by atoms with Gasteiger partial charge in [0, 0.05) is 32.0 Å². The van der Waals surface area contributed by atoms with E-state index in [4.69, 9.17) is 0 Å². The Labute approximate surface area is 177 Å². The van der Waals surface area contributed by atoms with E-state index in [-0.39, 0.29) is 22.2 Å². The molecule has 0 bridgehead atoms. The summed E-state index contributed by atoms with van der Waals surface area (Å²) in [7, 11) is 2.03. The summed E-state index contributed by atoms with van der Waals surface area (Å²) in [5, 5.41) is 3.28. The Hall–Kier alpha value is -1.06. The van der Waals surface area contributed by atoms with Crippen molar-refractivity contribution in [3.63, 3.8) is 0 Å². The summed E-state index contributed by atoms with van der Waals surface area (Å²) >= 11 is 0. The normalized spacial score (nSPS) is 44.7. The summed E-state index contributed by atoms with van der Waals surface area (Å²) in [5.41, 5.74) is 0.547. The third-order valence-electron chi connectivity index (χ3n) is 9.67. The number of hydrogen-bond acceptors (Lipinski definition) is 2. The van der Waals surface area contributed by atoms with Gasteiger partial charge in [0.2, 0.25) is 11.8 Å². The van der Waals surface area contributed by atoms with E-state index in [2.05, 4.69) is 44.8 Å². The summed E-state index contributed by atoms with van der Waals surface area (Å²) in [6.45, 7) is 12.2. The number of carbonyl (C=O) groups is 2. The van der Waals surface area contributed by atoms with E-state index >= 15 is 0 Å². The Bertz CT molecular complexity index is 683. The predicted molar refractivity (Wildman–Crippen MR) is 116 cm³/mol. The van der Waals surface area contributed by atoms with Crippen molar-refractivity contribution in [1.82, 2.24) is 10.2 Å². The minimum absolute atomic E-state index is 0.129. The molecule has 0 aromatic carbocycles. The molecule has 4 nitrogen and oxygen atoms in total. The lowest BCUT2D eigenvalue weighted by Gasteiger charge is -2.61. The second kappa shape index (κ2) is 6.99. The summed E-state index contributed by atoms with van der Waals surface area (Å²) in [4.78, 5) is 27.5. The quantitative estimate of drug-likeness (QED) is 0.732. The first-order chi connectivity index (χ1) is 13.5. The molecule has 3 saturated carbocycles. The summed E-state index contributed by atoms with van der Waals surface area (Å²) < 4.78 is 0. The average molecular weight is 403 g/mol. The molecule has 0 aromatic heterocycles. The van der Waals surface area contributed by atoms with Gasteiger partial charge in [-0.05, 0) is 78.9 Å². The highest BCUT2D eigenvalue weighted by atomic mass is 16.2. The van der Waals surface area contributed by atoms with E-state index in [1.807, 2.05) is 7.05 Å². The van der Waals surface area contributed by atoms with Crippen molar-refractivity contribution in [3.8, 4) is 0 Å². The maximum absolute atomic E-state index is 13.1. The van der Waals surface area contributed by atoms with E-state index in [0.29, 0.717) is 36.1 Å². The summed E-state index contributed by atoms with van der Waals surface area (Å²) in [5.74, 6) is 2.93. The molecule has 3 aliphatic carbocycles. The molecule has 29 heavy (non-hydrogen) atoms. The van der Waals surface area contributed by atoms with Crippen LogP contribution in [0.1, 0.15) is 86.0 Å². The van der Waals surface area contributed by atoms with Gasteiger partial charge in [0.1, 0.15) is 0 Å². The van der Waals surface area contributed by atoms with Crippen molar-refractivity contribution in [1.29, 1.82) is 0 Å². The van der Waals surface area contributed by atoms with Crippen LogP contribution in [0.5, 0.6) is 0 Å². The van der Waals surface area contributed by atoms with Crippen LogP contribution in [0.2, 0.25) is 0 Å². The molecule has 2 amide bonds. The molecule has 1 heterocycles. The molecule has 0 spiro atoms.